The Morgan fingerprint density at radius 1 is 0.577 bits per heavy atom. The molecule has 3 heterocycles. The molecule has 3 aliphatic rings. The van der Waals surface area contributed by atoms with E-state index < -0.39 is 22.6 Å². The lowest BCUT2D eigenvalue weighted by Gasteiger charge is -2.43. The average molecular weight is 781 g/mol. The Kier molecular flexibility index (Phi) is 10.0. The predicted octanol–water partition coefficient (Wildman–Crippen LogP) is 14.4. The minimum absolute atomic E-state index is 0.0564. The third-order valence-electron chi connectivity index (χ3n) is 10.9. The van der Waals surface area contributed by atoms with Crippen LogP contribution in [0.15, 0.2) is 132 Å². The fourth-order valence-corrected chi connectivity index (χ4v) is 25.6. The zero-order valence-corrected chi connectivity index (χ0v) is 36.4. The van der Waals surface area contributed by atoms with E-state index in [1.54, 1.807) is 19.3 Å². The Labute approximate surface area is 322 Å². The highest BCUT2D eigenvalue weighted by Crippen LogP contribution is 3.03. The van der Waals surface area contributed by atoms with Crippen LogP contribution >= 0.6 is 37.0 Å². The van der Waals surface area contributed by atoms with Crippen molar-refractivity contribution in [1.82, 2.24) is 0 Å². The molecule has 4 aromatic rings. The summed E-state index contributed by atoms with van der Waals surface area (Å²) in [6.45, 7) is 19.0. The smallest absolute Gasteiger partial charge is 0.250 e. The highest BCUT2D eigenvalue weighted by atomic mass is 32.7. The summed E-state index contributed by atoms with van der Waals surface area (Å²) >= 11 is 4.20. The molecule has 0 aliphatic carbocycles. The third kappa shape index (κ3) is 6.15. The van der Waals surface area contributed by atoms with Gasteiger partial charge in [0, 0.05) is 34.5 Å². The topological polar surface area (TPSA) is 27.7 Å². The van der Waals surface area contributed by atoms with Crippen LogP contribution in [-0.2, 0) is 14.7 Å². The van der Waals surface area contributed by atoms with E-state index in [-0.39, 0.29) is 20.8 Å². The number of hydrogen-bond donors (Lipinski definition) is 0. The summed E-state index contributed by atoms with van der Waals surface area (Å²) in [5, 5.41) is 0.950. The first-order valence-corrected chi connectivity index (χ1v) is 26.4. The number of hydrogen-bond acceptors (Lipinski definition) is 5. The number of fused-ring (bicyclic) bond motifs is 3. The SMILES string of the molecule is COc1ccc(C2=C[C@]3(c4ccccc4)P(S2)C(=C(O[Si](C)(C)C(C)(C)C)C(C)(C)C)P2SC(c4ccc(OC)cc4)=C[C@]23c2ccccc2)cc1. The summed E-state index contributed by atoms with van der Waals surface area (Å²) < 4.78 is 18.9. The maximum atomic E-state index is 7.72. The van der Waals surface area contributed by atoms with E-state index in [2.05, 4.69) is 199 Å². The van der Waals surface area contributed by atoms with Gasteiger partial charge < -0.3 is 13.9 Å². The minimum atomic E-state index is -2.24. The molecule has 3 nitrogen and oxygen atoms in total. The van der Waals surface area contributed by atoms with Gasteiger partial charge in [0.15, 0.2) is 0 Å². The fourth-order valence-electron chi connectivity index (χ4n) is 7.06. The van der Waals surface area contributed by atoms with Gasteiger partial charge in [-0.2, -0.15) is 0 Å². The lowest BCUT2D eigenvalue weighted by atomic mass is 9.78. The van der Waals surface area contributed by atoms with Gasteiger partial charge in [0.1, 0.15) is 11.5 Å². The van der Waals surface area contributed by atoms with Crippen LogP contribution in [0.1, 0.15) is 63.8 Å². The van der Waals surface area contributed by atoms with Gasteiger partial charge in [-0.3, -0.25) is 0 Å². The van der Waals surface area contributed by atoms with Crippen LogP contribution in [-0.4, -0.2) is 22.5 Å². The second-order valence-electron chi connectivity index (χ2n) is 16.3. The predicted molar refractivity (Wildman–Crippen MR) is 232 cm³/mol. The molecule has 0 radical (unpaired) electrons. The van der Waals surface area contributed by atoms with Crippen molar-refractivity contribution < 1.29 is 13.9 Å². The van der Waals surface area contributed by atoms with Crippen molar-refractivity contribution in [2.75, 3.05) is 14.2 Å². The quantitative estimate of drug-likeness (QED) is 0.101. The first kappa shape index (κ1) is 37.6. The molecule has 4 atom stereocenters. The second kappa shape index (κ2) is 13.8. The molecule has 0 spiro atoms. The Hall–Kier alpha value is -2.72. The van der Waals surface area contributed by atoms with Crippen molar-refractivity contribution in [2.24, 2.45) is 5.41 Å². The van der Waals surface area contributed by atoms with Crippen molar-refractivity contribution in [3.05, 3.63) is 154 Å². The molecule has 3 aliphatic heterocycles. The van der Waals surface area contributed by atoms with E-state index in [4.69, 9.17) is 13.9 Å². The summed E-state index contributed by atoms with van der Waals surface area (Å²) in [6, 6.07) is 40.1. The number of allylic oxidation sites excluding steroid dienone is 3. The van der Waals surface area contributed by atoms with Crippen LogP contribution in [0.2, 0.25) is 18.1 Å². The van der Waals surface area contributed by atoms with Gasteiger partial charge in [0.25, 0.3) is 0 Å². The first-order valence-electron chi connectivity index (χ1n) is 17.9. The van der Waals surface area contributed by atoms with Crippen molar-refractivity contribution in [3.8, 4) is 11.5 Å². The van der Waals surface area contributed by atoms with E-state index >= 15 is 0 Å². The number of rotatable bonds is 8. The van der Waals surface area contributed by atoms with Crippen molar-refractivity contribution >= 4 is 55.1 Å². The van der Waals surface area contributed by atoms with Gasteiger partial charge in [-0.15, -0.1) is 0 Å². The van der Waals surface area contributed by atoms with E-state index in [9.17, 15) is 0 Å². The Bertz CT molecular complexity index is 1910. The molecule has 7 rings (SSSR count). The van der Waals surface area contributed by atoms with E-state index in [0.717, 1.165) is 11.5 Å². The molecule has 0 bridgehead atoms. The molecule has 2 unspecified atom stereocenters. The van der Waals surface area contributed by atoms with Crippen molar-refractivity contribution in [2.45, 2.75) is 70.0 Å². The maximum Gasteiger partial charge on any atom is 0.250 e. The van der Waals surface area contributed by atoms with Gasteiger partial charge in [0.2, 0.25) is 8.32 Å². The van der Waals surface area contributed by atoms with E-state index in [1.165, 1.54) is 37.8 Å². The maximum absolute atomic E-state index is 7.72. The number of benzene rings is 4. The number of methoxy groups -OCH3 is 2. The van der Waals surface area contributed by atoms with Gasteiger partial charge in [-0.1, -0.05) is 161 Å². The average Bonchev–Trinajstić information content (AvgIpc) is 3.78. The molecule has 270 valence electrons. The fraction of sp³-hybridized carbons (Fsp3) is 0.318. The standard InChI is InChI=1S/C44H50O3P2S2Si/c1-41(2,3)39(47-52(9,10)42(4,5)6)40-48-43(33-17-13-11-14-18-33,29-37(50-48)31-21-25-35(45-7)26-22-31)44(34-19-15-12-16-20-34)30-38(51-49(40)44)32-23-27-36(46-8)28-24-32/h11-30H,1-10H3/t43-,44-,48?,49?/m1/s1. The Morgan fingerprint density at radius 3 is 1.29 bits per heavy atom. The van der Waals surface area contributed by atoms with Crippen LogP contribution in [0.5, 0.6) is 11.5 Å². The molecule has 8 heteroatoms. The molecule has 0 N–H and O–H groups in total. The summed E-state index contributed by atoms with van der Waals surface area (Å²) in [5.41, 5.74) is 5.02. The Balaban J connectivity index is 1.61. The zero-order valence-electron chi connectivity index (χ0n) is 32.0. The van der Waals surface area contributed by atoms with Gasteiger partial charge in [-0.25, -0.2) is 0 Å². The van der Waals surface area contributed by atoms with E-state index in [1.807, 2.05) is 0 Å². The summed E-state index contributed by atoms with van der Waals surface area (Å²) in [4.78, 5) is 2.66. The second-order valence-corrected chi connectivity index (χ2v) is 29.4. The van der Waals surface area contributed by atoms with Crippen LogP contribution in [0.3, 0.4) is 0 Å². The molecule has 0 amide bonds. The molecule has 1 saturated heterocycles. The zero-order chi connectivity index (χ0) is 37.1. The molecule has 0 saturated carbocycles. The largest absolute Gasteiger partial charge is 0.545 e. The van der Waals surface area contributed by atoms with Crippen LogP contribution in [0.4, 0.5) is 0 Å². The van der Waals surface area contributed by atoms with Crippen molar-refractivity contribution in [3.63, 3.8) is 0 Å². The summed E-state index contributed by atoms with van der Waals surface area (Å²) in [7, 11) is -0.511. The molecule has 52 heavy (non-hydrogen) atoms. The third-order valence-corrected chi connectivity index (χ3v) is 27.9. The lowest BCUT2D eigenvalue weighted by molar-refractivity contribution is 0.274. The normalized spacial score (nSPS) is 24.2. The molecular weight excluding hydrogens is 731 g/mol. The Morgan fingerprint density at radius 2 is 0.962 bits per heavy atom. The lowest BCUT2D eigenvalue weighted by Crippen LogP contribution is -2.42. The highest BCUT2D eigenvalue weighted by Gasteiger charge is 2.72. The first-order chi connectivity index (χ1) is 24.7. The van der Waals surface area contributed by atoms with Crippen LogP contribution in [0.25, 0.3) is 9.81 Å². The van der Waals surface area contributed by atoms with Crippen molar-refractivity contribution in [1.29, 1.82) is 0 Å². The minimum Gasteiger partial charge on any atom is -0.545 e. The molecular formula is C44H50O3P2S2Si. The monoisotopic (exact) mass is 780 g/mol. The summed E-state index contributed by atoms with van der Waals surface area (Å²) in [6.07, 6.45) is 5.35. The molecule has 0 aromatic heterocycles. The molecule has 4 aromatic carbocycles. The molecule has 1 fully saturated rings. The van der Waals surface area contributed by atoms with Gasteiger partial charge in [0.05, 0.1) is 30.3 Å². The van der Waals surface area contributed by atoms with Gasteiger partial charge >= 0.3 is 0 Å². The summed E-state index contributed by atoms with van der Waals surface area (Å²) in [5.74, 6) is 2.97. The van der Waals surface area contributed by atoms with Gasteiger partial charge in [-0.05, 0) is 64.7 Å². The van der Waals surface area contributed by atoms with Crippen LogP contribution < -0.4 is 9.47 Å². The number of ether oxygens (including phenoxy) is 2. The van der Waals surface area contributed by atoms with Crippen LogP contribution in [0, 0.1) is 5.41 Å². The van der Waals surface area contributed by atoms with E-state index in [0.29, 0.717) is 0 Å². The highest BCUT2D eigenvalue weighted by molar-refractivity contribution is 8.70.